The molecule has 0 aliphatic carbocycles. The van der Waals surface area contributed by atoms with E-state index in [2.05, 4.69) is 35.9 Å². The lowest BCUT2D eigenvalue weighted by molar-refractivity contribution is -0.125. The highest BCUT2D eigenvalue weighted by atomic mass is 35.5. The van der Waals surface area contributed by atoms with Crippen molar-refractivity contribution >= 4 is 23.1 Å². The molecule has 0 spiro atoms. The molecule has 1 unspecified atom stereocenters. The topological polar surface area (TPSA) is 97.9 Å². The number of hydrogen-bond donors (Lipinski definition) is 2. The van der Waals surface area contributed by atoms with Crippen LogP contribution >= 0.6 is 11.6 Å². The number of pyridine rings is 1. The maximum absolute atomic E-state index is 11.7. The zero-order chi connectivity index (χ0) is 27.6. The second kappa shape index (κ2) is 11.0. The summed E-state index contributed by atoms with van der Waals surface area (Å²) in [6, 6.07) is 17.1. The number of hydrogen-bond acceptors (Lipinski definition) is 6. The van der Waals surface area contributed by atoms with E-state index in [-0.39, 0.29) is 12.0 Å². The number of carbonyl (C=O) groups is 1. The summed E-state index contributed by atoms with van der Waals surface area (Å²) in [7, 11) is 0. The molecule has 2 aliphatic heterocycles. The van der Waals surface area contributed by atoms with Gasteiger partial charge in [0.2, 0.25) is 0 Å². The summed E-state index contributed by atoms with van der Waals surface area (Å²) in [6.45, 7) is 6.82. The zero-order valence-corrected chi connectivity index (χ0v) is 23.1. The van der Waals surface area contributed by atoms with Crippen LogP contribution in [0.5, 0.6) is 11.5 Å². The van der Waals surface area contributed by atoms with E-state index in [1.165, 1.54) is 0 Å². The van der Waals surface area contributed by atoms with Gasteiger partial charge in [0.25, 0.3) is 5.91 Å². The molecule has 7 nitrogen and oxygen atoms in total. The van der Waals surface area contributed by atoms with Crippen molar-refractivity contribution in [3.63, 3.8) is 0 Å². The van der Waals surface area contributed by atoms with Crippen LogP contribution in [0.4, 0.5) is 0 Å². The van der Waals surface area contributed by atoms with Crippen LogP contribution in [0, 0.1) is 5.41 Å². The lowest BCUT2D eigenvalue weighted by Crippen LogP contribution is -2.55. The van der Waals surface area contributed by atoms with Gasteiger partial charge in [-0.15, -0.1) is 0 Å². The zero-order valence-electron chi connectivity index (χ0n) is 22.3. The fourth-order valence-electron chi connectivity index (χ4n) is 5.67. The van der Waals surface area contributed by atoms with Gasteiger partial charge in [-0.1, -0.05) is 49.7 Å². The third-order valence-corrected chi connectivity index (χ3v) is 8.06. The smallest absolute Gasteiger partial charge is 0.255 e. The fraction of sp³-hybridized carbons (Fsp3) is 0.355. The first kappa shape index (κ1) is 27.2. The van der Waals surface area contributed by atoms with Gasteiger partial charge in [0.15, 0.2) is 6.61 Å². The Balaban J connectivity index is 1.37. The molecule has 0 bridgehead atoms. The second-order valence-electron chi connectivity index (χ2n) is 10.9. The highest BCUT2D eigenvalue weighted by Crippen LogP contribution is 2.46. The number of likely N-dealkylation sites (tertiary alicyclic amines) is 1. The van der Waals surface area contributed by atoms with Crippen molar-refractivity contribution in [1.29, 1.82) is 0 Å². The molecule has 0 saturated carbocycles. The van der Waals surface area contributed by atoms with Gasteiger partial charge in [0.1, 0.15) is 18.1 Å². The Morgan fingerprint density at radius 3 is 2.74 bits per heavy atom. The number of piperidine rings is 1. The van der Waals surface area contributed by atoms with Gasteiger partial charge in [0, 0.05) is 47.4 Å². The third kappa shape index (κ3) is 5.66. The number of benzene rings is 2. The molecule has 39 heavy (non-hydrogen) atoms. The number of nitrogens with two attached hydrogens (primary N) is 1. The first-order valence-corrected chi connectivity index (χ1v) is 13.6. The van der Waals surface area contributed by atoms with Crippen LogP contribution in [0.3, 0.4) is 0 Å². The quantitative estimate of drug-likeness (QED) is 0.435. The van der Waals surface area contributed by atoms with E-state index < -0.39 is 11.5 Å². The summed E-state index contributed by atoms with van der Waals surface area (Å²) in [5.74, 6) is 0.755. The average molecular weight is 548 g/mol. The minimum absolute atomic E-state index is 0.191. The van der Waals surface area contributed by atoms with Crippen molar-refractivity contribution in [1.82, 2.24) is 9.88 Å². The Morgan fingerprint density at radius 1 is 1.21 bits per heavy atom. The van der Waals surface area contributed by atoms with Crippen molar-refractivity contribution in [3.05, 3.63) is 94.3 Å². The van der Waals surface area contributed by atoms with E-state index >= 15 is 0 Å². The van der Waals surface area contributed by atoms with Gasteiger partial charge in [-0.25, -0.2) is 0 Å². The predicted octanol–water partition coefficient (Wildman–Crippen LogP) is 4.93. The maximum Gasteiger partial charge on any atom is 0.255 e. The van der Waals surface area contributed by atoms with Crippen LogP contribution in [0.25, 0.3) is 5.57 Å². The van der Waals surface area contributed by atoms with Crippen LogP contribution in [0.2, 0.25) is 5.02 Å². The molecular formula is C31H34ClN3O4. The van der Waals surface area contributed by atoms with E-state index in [4.69, 9.17) is 26.8 Å². The average Bonchev–Trinajstić information content (AvgIpc) is 3.06. The molecule has 1 fully saturated rings. The standard InChI is InChI=1S/C31H34ClN3O4/c1-30(2)20-35(16-13-31(30,37)21-7-9-22(32)10-8-21)15-4-6-24-25-5-3-14-34-27(25)18-39-28-12-11-23(17-26(24)28)38-19-29(33)36/h3,5-12,14,17,37H,4,13,15-16,18-20H2,1-2H3,(H2,33,36). The van der Waals surface area contributed by atoms with Crippen molar-refractivity contribution in [2.24, 2.45) is 11.1 Å². The molecule has 1 amide bonds. The molecule has 3 heterocycles. The van der Waals surface area contributed by atoms with Crippen LogP contribution in [0.15, 0.2) is 66.9 Å². The van der Waals surface area contributed by atoms with Crippen LogP contribution < -0.4 is 15.2 Å². The number of nitrogens with zero attached hydrogens (tertiary/aromatic N) is 2. The molecule has 1 saturated heterocycles. The lowest BCUT2D eigenvalue weighted by atomic mass is 9.66. The SMILES string of the molecule is CC1(C)CN(CCC=C2c3cc(OCC(N)=O)ccc3OCc3ncccc32)CCC1(O)c1ccc(Cl)cc1. The minimum Gasteiger partial charge on any atom is -0.487 e. The normalized spacial score (nSPS) is 21.4. The Labute approximate surface area is 234 Å². The van der Waals surface area contributed by atoms with E-state index in [1.807, 2.05) is 42.5 Å². The van der Waals surface area contributed by atoms with Gasteiger partial charge < -0.3 is 25.2 Å². The number of amides is 1. The van der Waals surface area contributed by atoms with Gasteiger partial charge in [-0.05, 0) is 60.4 Å². The molecule has 204 valence electrons. The van der Waals surface area contributed by atoms with E-state index in [9.17, 15) is 9.90 Å². The molecule has 0 radical (unpaired) electrons. The van der Waals surface area contributed by atoms with Gasteiger partial charge in [-0.2, -0.15) is 0 Å². The number of primary amides is 1. The Morgan fingerprint density at radius 2 is 2.00 bits per heavy atom. The van der Waals surface area contributed by atoms with E-state index in [1.54, 1.807) is 12.3 Å². The van der Waals surface area contributed by atoms with Crippen molar-refractivity contribution in [3.8, 4) is 11.5 Å². The first-order valence-electron chi connectivity index (χ1n) is 13.2. The molecular weight excluding hydrogens is 514 g/mol. The predicted molar refractivity (Wildman–Crippen MR) is 152 cm³/mol. The molecule has 2 aromatic carbocycles. The molecule has 2 aliphatic rings. The molecule has 8 heteroatoms. The Bertz CT molecular complexity index is 1390. The first-order chi connectivity index (χ1) is 18.7. The number of ether oxygens (including phenoxy) is 2. The summed E-state index contributed by atoms with van der Waals surface area (Å²) in [6.07, 6.45) is 5.43. The Kier molecular flexibility index (Phi) is 7.67. The second-order valence-corrected chi connectivity index (χ2v) is 11.3. The highest BCUT2D eigenvalue weighted by Gasteiger charge is 2.48. The van der Waals surface area contributed by atoms with Crippen LogP contribution in [0.1, 0.15) is 49.1 Å². The Hall–Kier alpha value is -3.39. The van der Waals surface area contributed by atoms with Crippen molar-refractivity contribution in [2.45, 2.75) is 38.9 Å². The van der Waals surface area contributed by atoms with Gasteiger partial charge >= 0.3 is 0 Å². The van der Waals surface area contributed by atoms with E-state index in [0.717, 1.165) is 59.8 Å². The van der Waals surface area contributed by atoms with E-state index in [0.29, 0.717) is 23.8 Å². The monoisotopic (exact) mass is 547 g/mol. The maximum atomic E-state index is 11.7. The number of rotatable bonds is 7. The fourth-order valence-corrected chi connectivity index (χ4v) is 5.80. The largest absolute Gasteiger partial charge is 0.487 e. The summed E-state index contributed by atoms with van der Waals surface area (Å²) < 4.78 is 11.7. The lowest BCUT2D eigenvalue weighted by Gasteiger charge is -2.50. The van der Waals surface area contributed by atoms with Crippen LogP contribution in [-0.4, -0.2) is 47.1 Å². The molecule has 5 rings (SSSR count). The minimum atomic E-state index is -0.921. The number of aromatic nitrogens is 1. The molecule has 1 aromatic heterocycles. The molecule has 3 aromatic rings. The molecule has 1 atom stereocenters. The number of aliphatic hydroxyl groups is 1. The van der Waals surface area contributed by atoms with Crippen LogP contribution in [-0.2, 0) is 17.0 Å². The highest BCUT2D eigenvalue weighted by molar-refractivity contribution is 6.30. The summed E-state index contributed by atoms with van der Waals surface area (Å²) in [5, 5.41) is 12.4. The number of halogens is 1. The summed E-state index contributed by atoms with van der Waals surface area (Å²) in [5.41, 5.74) is 8.70. The number of fused-ring (bicyclic) bond motifs is 2. The third-order valence-electron chi connectivity index (χ3n) is 7.81. The van der Waals surface area contributed by atoms with Crippen molar-refractivity contribution < 1.29 is 19.4 Å². The summed E-state index contributed by atoms with van der Waals surface area (Å²) in [4.78, 5) is 18.2. The number of carbonyl (C=O) groups excluding carboxylic acids is 1. The van der Waals surface area contributed by atoms with Gasteiger partial charge in [-0.3, -0.25) is 9.78 Å². The molecule has 3 N–H and O–H groups in total. The summed E-state index contributed by atoms with van der Waals surface area (Å²) >= 11 is 6.09. The van der Waals surface area contributed by atoms with Crippen molar-refractivity contribution in [2.75, 3.05) is 26.2 Å². The van der Waals surface area contributed by atoms with Gasteiger partial charge in [0.05, 0.1) is 11.3 Å².